The topological polar surface area (TPSA) is 121 Å². The maximum Gasteiger partial charge on any atom is 0.421 e. The lowest BCUT2D eigenvalue weighted by molar-refractivity contribution is -0.137. The summed E-state index contributed by atoms with van der Waals surface area (Å²) in [5.41, 5.74) is 0.410. The van der Waals surface area contributed by atoms with Crippen molar-refractivity contribution >= 4 is 40.8 Å². The molecule has 40 heavy (non-hydrogen) atoms. The van der Waals surface area contributed by atoms with E-state index in [0.29, 0.717) is 29.7 Å². The number of hydrogen-bond acceptors (Lipinski definition) is 7. The summed E-state index contributed by atoms with van der Waals surface area (Å²) >= 11 is 0. The second-order valence-electron chi connectivity index (χ2n) is 8.74. The quantitative estimate of drug-likeness (QED) is 0.250. The standard InChI is InChI=1S/C26H27F4N7O3/c1-4-31-25(39)33-15-8-9-18(20(12-15)40-3)35-24-32-13-17(26(28,29)30)22(36-24)34-19-7-5-6-16-14(2)37(11-10-27)23(38)21(16)19/h5-9,12-14H,4,10-11H2,1-3H3,(H2,31,33,39)(H2,32,34,35,36). The predicted molar refractivity (Wildman–Crippen MR) is 141 cm³/mol. The number of methoxy groups -OCH3 is 1. The molecule has 1 aromatic heterocycles. The van der Waals surface area contributed by atoms with Crippen LogP contribution < -0.4 is 26.0 Å². The molecule has 1 atom stereocenters. The first kappa shape index (κ1) is 28.4. The largest absolute Gasteiger partial charge is 0.494 e. The maximum atomic E-state index is 13.9. The van der Waals surface area contributed by atoms with E-state index in [2.05, 4.69) is 31.2 Å². The predicted octanol–water partition coefficient (Wildman–Crippen LogP) is 5.62. The molecule has 4 N–H and O–H groups in total. The summed E-state index contributed by atoms with van der Waals surface area (Å²) < 4.78 is 60.1. The van der Waals surface area contributed by atoms with Gasteiger partial charge in [0.2, 0.25) is 5.95 Å². The van der Waals surface area contributed by atoms with Crippen molar-refractivity contribution in [1.82, 2.24) is 20.2 Å². The van der Waals surface area contributed by atoms with Crippen LogP contribution in [0.15, 0.2) is 42.6 Å². The van der Waals surface area contributed by atoms with Crippen molar-refractivity contribution < 1.29 is 31.9 Å². The van der Waals surface area contributed by atoms with Gasteiger partial charge in [-0.05, 0) is 37.6 Å². The highest BCUT2D eigenvalue weighted by atomic mass is 19.4. The van der Waals surface area contributed by atoms with Gasteiger partial charge < -0.3 is 30.9 Å². The smallest absolute Gasteiger partial charge is 0.421 e. The van der Waals surface area contributed by atoms with Gasteiger partial charge in [-0.2, -0.15) is 18.2 Å². The van der Waals surface area contributed by atoms with E-state index < -0.39 is 42.2 Å². The van der Waals surface area contributed by atoms with Crippen LogP contribution in [0.25, 0.3) is 0 Å². The second kappa shape index (κ2) is 11.6. The summed E-state index contributed by atoms with van der Waals surface area (Å²) in [6.45, 7) is 3.03. The molecule has 1 aliphatic rings. The molecular formula is C26H27F4N7O3. The molecule has 1 unspecified atom stereocenters. The first-order valence-electron chi connectivity index (χ1n) is 12.3. The Balaban J connectivity index is 1.67. The van der Waals surface area contributed by atoms with Crippen molar-refractivity contribution in [2.45, 2.75) is 26.1 Å². The molecule has 2 aromatic carbocycles. The third kappa shape index (κ3) is 5.84. The van der Waals surface area contributed by atoms with Crippen LogP contribution in [0.4, 0.5) is 51.2 Å². The summed E-state index contributed by atoms with van der Waals surface area (Å²) in [5, 5.41) is 10.7. The first-order valence-corrected chi connectivity index (χ1v) is 12.3. The Kier molecular flexibility index (Phi) is 8.26. The number of alkyl halides is 4. The molecule has 0 saturated heterocycles. The van der Waals surface area contributed by atoms with Crippen molar-refractivity contribution in [2.75, 3.05) is 42.8 Å². The number of ether oxygens (including phenoxy) is 1. The molecular weight excluding hydrogens is 534 g/mol. The average Bonchev–Trinajstić information content (AvgIpc) is 3.15. The highest BCUT2D eigenvalue weighted by Crippen LogP contribution is 2.40. The number of amides is 3. The number of urea groups is 1. The van der Waals surface area contributed by atoms with Crippen molar-refractivity contribution in [2.24, 2.45) is 0 Å². The van der Waals surface area contributed by atoms with E-state index in [1.165, 1.54) is 30.2 Å². The van der Waals surface area contributed by atoms with E-state index in [4.69, 9.17) is 4.74 Å². The molecule has 10 nitrogen and oxygen atoms in total. The molecule has 3 aromatic rings. The van der Waals surface area contributed by atoms with Crippen LogP contribution >= 0.6 is 0 Å². The van der Waals surface area contributed by atoms with Crippen LogP contribution in [0, 0.1) is 0 Å². The summed E-state index contributed by atoms with van der Waals surface area (Å²) in [6.07, 6.45) is -4.18. The molecule has 0 bridgehead atoms. The Morgan fingerprint density at radius 1 is 1.15 bits per heavy atom. The minimum Gasteiger partial charge on any atom is -0.494 e. The minimum atomic E-state index is -4.81. The van der Waals surface area contributed by atoms with Crippen LogP contribution in [0.3, 0.4) is 0 Å². The number of rotatable bonds is 9. The summed E-state index contributed by atoms with van der Waals surface area (Å²) in [5.74, 6) is -1.00. The minimum absolute atomic E-state index is 0.101. The number of aromatic nitrogens is 2. The Hall–Kier alpha value is -4.62. The van der Waals surface area contributed by atoms with Gasteiger partial charge in [0.25, 0.3) is 5.91 Å². The fourth-order valence-electron chi connectivity index (χ4n) is 4.34. The third-order valence-electron chi connectivity index (χ3n) is 6.20. The molecule has 2 heterocycles. The molecule has 1 aliphatic heterocycles. The molecule has 0 fully saturated rings. The lowest BCUT2D eigenvalue weighted by Crippen LogP contribution is -2.28. The van der Waals surface area contributed by atoms with E-state index in [1.807, 2.05) is 0 Å². The van der Waals surface area contributed by atoms with Crippen LogP contribution in [-0.4, -0.2) is 53.7 Å². The number of benzene rings is 2. The van der Waals surface area contributed by atoms with Crippen LogP contribution in [0.5, 0.6) is 5.75 Å². The zero-order valence-electron chi connectivity index (χ0n) is 21.8. The van der Waals surface area contributed by atoms with E-state index in [-0.39, 0.29) is 29.5 Å². The Labute approximate surface area is 227 Å². The van der Waals surface area contributed by atoms with Gasteiger partial charge in [-0.15, -0.1) is 0 Å². The van der Waals surface area contributed by atoms with Crippen LogP contribution in [0.1, 0.15) is 41.4 Å². The molecule has 0 aliphatic carbocycles. The van der Waals surface area contributed by atoms with Gasteiger partial charge in [0.1, 0.15) is 23.8 Å². The molecule has 3 amide bonds. The lowest BCUT2D eigenvalue weighted by Gasteiger charge is -2.20. The Bertz CT molecular complexity index is 1420. The Morgan fingerprint density at radius 3 is 2.60 bits per heavy atom. The van der Waals surface area contributed by atoms with Gasteiger partial charge in [0.15, 0.2) is 0 Å². The van der Waals surface area contributed by atoms with Gasteiger partial charge in [0, 0.05) is 31.0 Å². The number of halogens is 4. The highest BCUT2D eigenvalue weighted by Gasteiger charge is 2.38. The fraction of sp³-hybridized carbons (Fsp3) is 0.308. The van der Waals surface area contributed by atoms with Gasteiger partial charge in [-0.3, -0.25) is 4.79 Å². The number of carbonyl (C=O) groups is 2. The maximum absolute atomic E-state index is 13.9. The van der Waals surface area contributed by atoms with Gasteiger partial charge in [-0.1, -0.05) is 12.1 Å². The number of nitrogens with one attached hydrogen (secondary N) is 4. The molecule has 212 valence electrons. The summed E-state index contributed by atoms with van der Waals surface area (Å²) in [7, 11) is 1.39. The SMILES string of the molecule is CCNC(=O)Nc1ccc(Nc2ncc(C(F)(F)F)c(Nc3cccc4c3C(=O)N(CCF)C4C)n2)c(OC)c1. The lowest BCUT2D eigenvalue weighted by atomic mass is 10.0. The molecule has 4 rings (SSSR count). The van der Waals surface area contributed by atoms with E-state index in [0.717, 1.165) is 0 Å². The van der Waals surface area contributed by atoms with Crippen molar-refractivity contribution in [3.8, 4) is 5.75 Å². The third-order valence-corrected chi connectivity index (χ3v) is 6.20. The van der Waals surface area contributed by atoms with Gasteiger partial charge in [-0.25, -0.2) is 14.2 Å². The van der Waals surface area contributed by atoms with Gasteiger partial charge >= 0.3 is 12.2 Å². The molecule has 0 spiro atoms. The summed E-state index contributed by atoms with van der Waals surface area (Å²) in [6, 6.07) is 8.49. The van der Waals surface area contributed by atoms with Crippen LogP contribution in [-0.2, 0) is 6.18 Å². The van der Waals surface area contributed by atoms with E-state index >= 15 is 0 Å². The Morgan fingerprint density at radius 2 is 1.93 bits per heavy atom. The van der Waals surface area contributed by atoms with Crippen molar-refractivity contribution in [3.05, 3.63) is 59.3 Å². The monoisotopic (exact) mass is 561 g/mol. The fourth-order valence-corrected chi connectivity index (χ4v) is 4.34. The molecule has 0 saturated carbocycles. The average molecular weight is 562 g/mol. The highest BCUT2D eigenvalue weighted by molar-refractivity contribution is 6.04. The van der Waals surface area contributed by atoms with Crippen LogP contribution in [0.2, 0.25) is 0 Å². The first-order chi connectivity index (χ1) is 19.1. The second-order valence-corrected chi connectivity index (χ2v) is 8.74. The number of carbonyl (C=O) groups excluding carboxylic acids is 2. The molecule has 0 radical (unpaired) electrons. The van der Waals surface area contributed by atoms with Gasteiger partial charge in [0.05, 0.1) is 30.1 Å². The van der Waals surface area contributed by atoms with Crippen molar-refractivity contribution in [3.63, 3.8) is 0 Å². The van der Waals surface area contributed by atoms with Crippen molar-refractivity contribution in [1.29, 1.82) is 0 Å². The van der Waals surface area contributed by atoms with E-state index in [9.17, 15) is 27.2 Å². The number of hydrogen-bond donors (Lipinski definition) is 4. The molecule has 14 heteroatoms. The van der Waals surface area contributed by atoms with E-state index in [1.54, 1.807) is 32.0 Å². The number of nitrogens with zero attached hydrogens (tertiary/aromatic N) is 3. The summed E-state index contributed by atoms with van der Waals surface area (Å²) in [4.78, 5) is 34.0. The zero-order valence-corrected chi connectivity index (χ0v) is 21.8. The number of fused-ring (bicyclic) bond motifs is 1. The normalized spacial score (nSPS) is 14.5. The zero-order chi connectivity index (χ0) is 29.0. The number of anilines is 5.